The van der Waals surface area contributed by atoms with Crippen LogP contribution >= 0.6 is 0 Å². The molecule has 0 radical (unpaired) electrons. The topological polar surface area (TPSA) is 70.8 Å². The number of aromatic nitrogens is 1. The van der Waals surface area contributed by atoms with Gasteiger partial charge in [0.25, 0.3) is 0 Å². The van der Waals surface area contributed by atoms with E-state index in [0.29, 0.717) is 23.1 Å². The number of hydrogen-bond acceptors (Lipinski definition) is 6. The summed E-state index contributed by atoms with van der Waals surface area (Å²) in [4.78, 5) is 15.8. The van der Waals surface area contributed by atoms with E-state index in [1.54, 1.807) is 7.11 Å². The van der Waals surface area contributed by atoms with Crippen molar-refractivity contribution in [1.82, 2.24) is 4.98 Å². The third-order valence-corrected chi connectivity index (χ3v) is 4.10. The van der Waals surface area contributed by atoms with E-state index in [-0.39, 0.29) is 19.0 Å². The molecule has 6 heteroatoms. The summed E-state index contributed by atoms with van der Waals surface area (Å²) in [6, 6.07) is 14.8. The van der Waals surface area contributed by atoms with E-state index < -0.39 is 0 Å². The molecule has 0 N–H and O–H groups in total. The second-order valence-electron chi connectivity index (χ2n) is 5.91. The summed E-state index contributed by atoms with van der Waals surface area (Å²) < 4.78 is 21.7. The first-order valence-electron chi connectivity index (χ1n) is 8.49. The average molecular weight is 367 g/mol. The number of methoxy groups -OCH3 is 2. The molecule has 0 aliphatic heterocycles. The predicted octanol–water partition coefficient (Wildman–Crippen LogP) is 3.95. The fourth-order valence-electron chi connectivity index (χ4n) is 2.59. The molecule has 140 valence electrons. The van der Waals surface area contributed by atoms with Crippen LogP contribution in [0.3, 0.4) is 0 Å². The Bertz CT molecular complexity index is 915. The molecule has 0 atom stereocenters. The zero-order valence-corrected chi connectivity index (χ0v) is 15.5. The highest BCUT2D eigenvalue weighted by atomic mass is 16.5. The Morgan fingerprint density at radius 2 is 1.81 bits per heavy atom. The van der Waals surface area contributed by atoms with Gasteiger partial charge in [0.2, 0.25) is 5.89 Å². The molecule has 0 aliphatic rings. The number of esters is 1. The minimum atomic E-state index is -0.273. The zero-order chi connectivity index (χ0) is 19.2. The van der Waals surface area contributed by atoms with Gasteiger partial charge >= 0.3 is 5.97 Å². The van der Waals surface area contributed by atoms with Crippen molar-refractivity contribution in [3.8, 4) is 23.0 Å². The number of hydrogen-bond donors (Lipinski definition) is 0. The van der Waals surface area contributed by atoms with Crippen LogP contribution in [0.4, 0.5) is 0 Å². The molecule has 6 nitrogen and oxygen atoms in total. The van der Waals surface area contributed by atoms with Crippen molar-refractivity contribution in [3.63, 3.8) is 0 Å². The first-order chi connectivity index (χ1) is 13.1. The van der Waals surface area contributed by atoms with Crippen LogP contribution in [0.15, 0.2) is 52.9 Å². The SMILES string of the molecule is COC(=O)Cc1ccc(OCc2oc(-c3ccccc3OC)nc2C)cc1. The number of para-hydroxylation sites is 1. The van der Waals surface area contributed by atoms with Crippen LogP contribution in [0.1, 0.15) is 17.0 Å². The van der Waals surface area contributed by atoms with Crippen molar-refractivity contribution in [1.29, 1.82) is 0 Å². The smallest absolute Gasteiger partial charge is 0.309 e. The number of carbonyl (C=O) groups is 1. The van der Waals surface area contributed by atoms with Crippen LogP contribution in [0, 0.1) is 6.92 Å². The summed E-state index contributed by atoms with van der Waals surface area (Å²) >= 11 is 0. The molecule has 0 amide bonds. The predicted molar refractivity (Wildman–Crippen MR) is 99.7 cm³/mol. The van der Waals surface area contributed by atoms with Crippen LogP contribution in [0.5, 0.6) is 11.5 Å². The quantitative estimate of drug-likeness (QED) is 0.589. The Hall–Kier alpha value is -3.28. The highest BCUT2D eigenvalue weighted by Gasteiger charge is 2.15. The van der Waals surface area contributed by atoms with Gasteiger partial charge in [-0.25, -0.2) is 4.98 Å². The molecule has 3 aromatic rings. The van der Waals surface area contributed by atoms with Crippen molar-refractivity contribution < 1.29 is 23.4 Å². The monoisotopic (exact) mass is 367 g/mol. The fraction of sp³-hybridized carbons (Fsp3) is 0.238. The van der Waals surface area contributed by atoms with Gasteiger partial charge in [0.05, 0.1) is 31.9 Å². The molecule has 27 heavy (non-hydrogen) atoms. The molecular weight excluding hydrogens is 346 g/mol. The molecule has 0 bridgehead atoms. The minimum Gasteiger partial charge on any atom is -0.496 e. The van der Waals surface area contributed by atoms with Gasteiger partial charge in [0.1, 0.15) is 18.1 Å². The normalized spacial score (nSPS) is 10.5. The summed E-state index contributed by atoms with van der Waals surface area (Å²) in [5.74, 6) is 2.25. The molecule has 0 aliphatic carbocycles. The maximum absolute atomic E-state index is 11.3. The molecule has 0 unspecified atom stereocenters. The fourth-order valence-corrected chi connectivity index (χ4v) is 2.59. The lowest BCUT2D eigenvalue weighted by atomic mass is 10.1. The van der Waals surface area contributed by atoms with E-state index in [1.807, 2.05) is 55.5 Å². The maximum Gasteiger partial charge on any atom is 0.309 e. The van der Waals surface area contributed by atoms with Crippen LogP contribution in [0.2, 0.25) is 0 Å². The minimum absolute atomic E-state index is 0.236. The second kappa shape index (κ2) is 8.40. The van der Waals surface area contributed by atoms with Gasteiger partial charge in [-0.1, -0.05) is 24.3 Å². The lowest BCUT2D eigenvalue weighted by Crippen LogP contribution is -2.04. The van der Waals surface area contributed by atoms with Gasteiger partial charge in [0.15, 0.2) is 5.76 Å². The third-order valence-electron chi connectivity index (χ3n) is 4.10. The first kappa shape index (κ1) is 18.5. The van der Waals surface area contributed by atoms with Gasteiger partial charge in [0, 0.05) is 0 Å². The summed E-state index contributed by atoms with van der Waals surface area (Å²) in [6.45, 7) is 2.13. The number of rotatable bonds is 7. The van der Waals surface area contributed by atoms with E-state index in [9.17, 15) is 4.79 Å². The standard InChI is InChI=1S/C21H21NO5/c1-14-19(27-21(22-14)17-6-4-5-7-18(17)24-2)13-26-16-10-8-15(9-11-16)12-20(23)25-3/h4-11H,12-13H2,1-3H3. The van der Waals surface area contributed by atoms with Crippen molar-refractivity contribution in [2.75, 3.05) is 14.2 Å². The van der Waals surface area contributed by atoms with Crippen LogP contribution in [-0.2, 0) is 22.6 Å². The van der Waals surface area contributed by atoms with E-state index in [0.717, 1.165) is 16.8 Å². The molecule has 0 saturated heterocycles. The van der Waals surface area contributed by atoms with Gasteiger partial charge in [-0.2, -0.15) is 0 Å². The number of oxazole rings is 1. The number of aryl methyl sites for hydroxylation is 1. The largest absolute Gasteiger partial charge is 0.496 e. The highest BCUT2D eigenvalue weighted by molar-refractivity contribution is 5.72. The summed E-state index contributed by atoms with van der Waals surface area (Å²) in [5.41, 5.74) is 2.42. The Morgan fingerprint density at radius 1 is 1.07 bits per heavy atom. The van der Waals surface area contributed by atoms with Crippen molar-refractivity contribution in [3.05, 3.63) is 65.5 Å². The summed E-state index contributed by atoms with van der Waals surface area (Å²) in [5, 5.41) is 0. The zero-order valence-electron chi connectivity index (χ0n) is 15.5. The highest BCUT2D eigenvalue weighted by Crippen LogP contribution is 2.30. The van der Waals surface area contributed by atoms with Gasteiger partial charge in [-0.05, 0) is 36.8 Å². The van der Waals surface area contributed by atoms with E-state index in [4.69, 9.17) is 13.9 Å². The lowest BCUT2D eigenvalue weighted by molar-refractivity contribution is -0.139. The number of nitrogens with zero attached hydrogens (tertiary/aromatic N) is 1. The van der Waals surface area contributed by atoms with Crippen molar-refractivity contribution >= 4 is 5.97 Å². The van der Waals surface area contributed by atoms with Gasteiger partial charge in [-0.3, -0.25) is 4.79 Å². The Balaban J connectivity index is 1.68. The molecule has 0 saturated carbocycles. The summed E-state index contributed by atoms with van der Waals surface area (Å²) in [6.07, 6.45) is 0.236. The number of ether oxygens (including phenoxy) is 3. The molecule has 1 aromatic heterocycles. The molecule has 3 rings (SSSR count). The Labute approximate surface area is 157 Å². The average Bonchev–Trinajstić information content (AvgIpc) is 3.07. The maximum atomic E-state index is 11.3. The molecular formula is C21H21NO5. The van der Waals surface area contributed by atoms with Gasteiger partial charge < -0.3 is 18.6 Å². The van der Waals surface area contributed by atoms with E-state index >= 15 is 0 Å². The molecule has 0 spiro atoms. The lowest BCUT2D eigenvalue weighted by Gasteiger charge is -2.06. The van der Waals surface area contributed by atoms with Crippen molar-refractivity contribution in [2.24, 2.45) is 0 Å². The van der Waals surface area contributed by atoms with E-state index in [2.05, 4.69) is 9.72 Å². The van der Waals surface area contributed by atoms with Crippen LogP contribution in [0.25, 0.3) is 11.5 Å². The molecule has 0 fully saturated rings. The Morgan fingerprint density at radius 3 is 2.52 bits per heavy atom. The van der Waals surface area contributed by atoms with Crippen LogP contribution < -0.4 is 9.47 Å². The molecule has 1 heterocycles. The number of benzene rings is 2. The summed E-state index contributed by atoms with van der Waals surface area (Å²) in [7, 11) is 2.99. The second-order valence-corrected chi connectivity index (χ2v) is 5.91. The third kappa shape index (κ3) is 4.47. The number of carbonyl (C=O) groups excluding carboxylic acids is 1. The first-order valence-corrected chi connectivity index (χ1v) is 8.49. The van der Waals surface area contributed by atoms with E-state index in [1.165, 1.54) is 7.11 Å². The van der Waals surface area contributed by atoms with Gasteiger partial charge in [-0.15, -0.1) is 0 Å². The Kier molecular flexibility index (Phi) is 5.76. The van der Waals surface area contributed by atoms with Crippen molar-refractivity contribution in [2.45, 2.75) is 20.0 Å². The van der Waals surface area contributed by atoms with Crippen LogP contribution in [-0.4, -0.2) is 25.2 Å². The molecule has 2 aromatic carbocycles.